The second-order valence-electron chi connectivity index (χ2n) is 6.39. The van der Waals surface area contributed by atoms with Crippen LogP contribution in [0.5, 0.6) is 0 Å². The summed E-state index contributed by atoms with van der Waals surface area (Å²) in [5, 5.41) is 22.2. The molecule has 30 heavy (non-hydrogen) atoms. The van der Waals surface area contributed by atoms with Crippen molar-refractivity contribution in [2.45, 2.75) is 13.1 Å². The first kappa shape index (κ1) is 19.4. The molecule has 0 saturated carbocycles. The van der Waals surface area contributed by atoms with Gasteiger partial charge < -0.3 is 9.73 Å². The van der Waals surface area contributed by atoms with Gasteiger partial charge in [0.25, 0.3) is 5.91 Å². The topological polar surface area (TPSA) is 121 Å². The molecule has 10 nitrogen and oxygen atoms in total. The molecule has 152 valence electrons. The van der Waals surface area contributed by atoms with Crippen molar-refractivity contribution in [2.24, 2.45) is 0 Å². The number of rotatable bonds is 7. The number of furan rings is 1. The Morgan fingerprint density at radius 3 is 2.63 bits per heavy atom. The van der Waals surface area contributed by atoms with E-state index in [-0.39, 0.29) is 18.0 Å². The standard InChI is InChI=1S/C19H15ClN6O4/c20-17-4-2-1-3-13(17)9-24-10-14(7-21-24)23-19(27)18-6-5-16(30-18)12-25-11-15(8-22-25)26(28)29/h1-8,10-11H,9,12H2,(H,23,27). The lowest BCUT2D eigenvalue weighted by atomic mass is 10.2. The number of benzene rings is 1. The highest BCUT2D eigenvalue weighted by atomic mass is 35.5. The molecule has 0 aliphatic carbocycles. The molecule has 0 radical (unpaired) electrons. The first-order chi connectivity index (χ1) is 14.5. The highest BCUT2D eigenvalue weighted by molar-refractivity contribution is 6.31. The van der Waals surface area contributed by atoms with Crippen LogP contribution < -0.4 is 5.32 Å². The number of hydrogen-bond acceptors (Lipinski definition) is 6. The van der Waals surface area contributed by atoms with E-state index in [0.717, 1.165) is 11.8 Å². The van der Waals surface area contributed by atoms with E-state index in [1.807, 2.05) is 18.2 Å². The Balaban J connectivity index is 1.38. The zero-order valence-electron chi connectivity index (χ0n) is 15.4. The van der Waals surface area contributed by atoms with Crippen LogP contribution >= 0.6 is 11.6 Å². The minimum atomic E-state index is -0.531. The lowest BCUT2D eigenvalue weighted by molar-refractivity contribution is -0.385. The Bertz CT molecular complexity index is 1210. The van der Waals surface area contributed by atoms with Crippen molar-refractivity contribution >= 4 is 28.9 Å². The first-order valence-electron chi connectivity index (χ1n) is 8.81. The van der Waals surface area contributed by atoms with Crippen LogP contribution in [-0.4, -0.2) is 30.4 Å². The fourth-order valence-electron chi connectivity index (χ4n) is 2.79. The van der Waals surface area contributed by atoms with Gasteiger partial charge in [-0.3, -0.25) is 24.3 Å². The number of anilines is 1. The van der Waals surface area contributed by atoms with Gasteiger partial charge in [-0.05, 0) is 23.8 Å². The maximum absolute atomic E-state index is 12.4. The van der Waals surface area contributed by atoms with Gasteiger partial charge in [-0.15, -0.1) is 0 Å². The number of nitro groups is 1. The maximum atomic E-state index is 12.4. The van der Waals surface area contributed by atoms with E-state index in [1.165, 1.54) is 23.1 Å². The third kappa shape index (κ3) is 4.39. The molecule has 0 bridgehead atoms. The zero-order valence-corrected chi connectivity index (χ0v) is 16.2. The summed E-state index contributed by atoms with van der Waals surface area (Å²) in [5.41, 5.74) is 1.30. The van der Waals surface area contributed by atoms with Gasteiger partial charge in [0.2, 0.25) is 0 Å². The lowest BCUT2D eigenvalue weighted by Crippen LogP contribution is -2.10. The summed E-state index contributed by atoms with van der Waals surface area (Å²) in [5.74, 6) is 0.100. The molecule has 0 spiro atoms. The lowest BCUT2D eigenvalue weighted by Gasteiger charge is -2.04. The van der Waals surface area contributed by atoms with Gasteiger partial charge in [0.15, 0.2) is 5.76 Å². The summed E-state index contributed by atoms with van der Waals surface area (Å²) >= 11 is 6.16. The molecule has 0 fully saturated rings. The van der Waals surface area contributed by atoms with Crippen molar-refractivity contribution in [3.8, 4) is 0 Å². The summed E-state index contributed by atoms with van der Waals surface area (Å²) in [6, 6.07) is 10.6. The Labute approximate surface area is 174 Å². The van der Waals surface area contributed by atoms with Gasteiger partial charge in [0.05, 0.1) is 29.9 Å². The monoisotopic (exact) mass is 426 g/mol. The van der Waals surface area contributed by atoms with E-state index in [1.54, 1.807) is 23.0 Å². The second kappa shape index (κ2) is 8.21. The van der Waals surface area contributed by atoms with Crippen LogP contribution in [0.1, 0.15) is 21.9 Å². The van der Waals surface area contributed by atoms with Gasteiger partial charge in [-0.2, -0.15) is 10.2 Å². The molecule has 1 aromatic carbocycles. The summed E-state index contributed by atoms with van der Waals surface area (Å²) in [6.45, 7) is 0.632. The highest BCUT2D eigenvalue weighted by Crippen LogP contribution is 2.18. The average molecular weight is 427 g/mol. The van der Waals surface area contributed by atoms with E-state index < -0.39 is 10.8 Å². The minimum Gasteiger partial charge on any atom is -0.454 e. The van der Waals surface area contributed by atoms with E-state index in [0.29, 0.717) is 23.0 Å². The van der Waals surface area contributed by atoms with Crippen LogP contribution in [-0.2, 0) is 13.1 Å². The van der Waals surface area contributed by atoms with E-state index in [4.69, 9.17) is 16.0 Å². The Morgan fingerprint density at radius 2 is 1.87 bits per heavy atom. The number of carbonyl (C=O) groups excluding carboxylic acids is 1. The van der Waals surface area contributed by atoms with Crippen LogP contribution in [0.2, 0.25) is 5.02 Å². The molecular weight excluding hydrogens is 412 g/mol. The Hall–Kier alpha value is -3.92. The molecule has 0 saturated heterocycles. The predicted molar refractivity (Wildman–Crippen MR) is 107 cm³/mol. The van der Waals surface area contributed by atoms with Crippen molar-refractivity contribution in [1.29, 1.82) is 0 Å². The first-order valence-corrected chi connectivity index (χ1v) is 9.18. The van der Waals surface area contributed by atoms with Gasteiger partial charge in [0, 0.05) is 11.2 Å². The number of hydrogen-bond donors (Lipinski definition) is 1. The molecule has 3 aromatic heterocycles. The molecule has 0 unspecified atom stereocenters. The van der Waals surface area contributed by atoms with Gasteiger partial charge >= 0.3 is 5.69 Å². The predicted octanol–water partition coefficient (Wildman–Crippen LogP) is 3.58. The van der Waals surface area contributed by atoms with Crippen molar-refractivity contribution in [3.05, 3.63) is 93.4 Å². The molecule has 1 N–H and O–H groups in total. The van der Waals surface area contributed by atoms with Crippen molar-refractivity contribution in [2.75, 3.05) is 5.32 Å². The highest BCUT2D eigenvalue weighted by Gasteiger charge is 2.15. The number of aromatic nitrogens is 4. The van der Waals surface area contributed by atoms with Crippen molar-refractivity contribution in [3.63, 3.8) is 0 Å². The molecule has 4 aromatic rings. The molecule has 11 heteroatoms. The fraction of sp³-hybridized carbons (Fsp3) is 0.105. The normalized spacial score (nSPS) is 10.8. The number of nitrogens with zero attached hydrogens (tertiary/aromatic N) is 5. The minimum absolute atomic E-state index is 0.102. The van der Waals surface area contributed by atoms with Gasteiger partial charge in [-0.25, -0.2) is 0 Å². The van der Waals surface area contributed by atoms with Crippen LogP contribution in [0, 0.1) is 10.1 Å². The molecule has 0 aliphatic rings. The number of carbonyl (C=O) groups is 1. The van der Waals surface area contributed by atoms with Gasteiger partial charge in [0.1, 0.15) is 18.2 Å². The third-order valence-electron chi connectivity index (χ3n) is 4.22. The van der Waals surface area contributed by atoms with Crippen LogP contribution in [0.4, 0.5) is 11.4 Å². The maximum Gasteiger partial charge on any atom is 0.307 e. The Morgan fingerprint density at radius 1 is 1.10 bits per heavy atom. The van der Waals surface area contributed by atoms with Crippen LogP contribution in [0.3, 0.4) is 0 Å². The molecular formula is C19H15ClN6O4. The SMILES string of the molecule is O=C(Nc1cnn(Cc2ccccc2Cl)c1)c1ccc(Cn2cc([N+](=O)[O-])cn2)o1. The molecule has 0 aliphatic heterocycles. The summed E-state index contributed by atoms with van der Waals surface area (Å²) < 4.78 is 8.54. The summed E-state index contributed by atoms with van der Waals surface area (Å²) in [4.78, 5) is 22.6. The third-order valence-corrected chi connectivity index (χ3v) is 4.58. The fourth-order valence-corrected chi connectivity index (χ4v) is 2.98. The zero-order chi connectivity index (χ0) is 21.1. The number of amides is 1. The van der Waals surface area contributed by atoms with E-state index in [2.05, 4.69) is 15.5 Å². The number of nitrogens with one attached hydrogen (secondary N) is 1. The Kier molecular flexibility index (Phi) is 5.31. The largest absolute Gasteiger partial charge is 0.454 e. The van der Waals surface area contributed by atoms with Crippen molar-refractivity contribution in [1.82, 2.24) is 19.6 Å². The van der Waals surface area contributed by atoms with Crippen LogP contribution in [0.25, 0.3) is 0 Å². The second-order valence-corrected chi connectivity index (χ2v) is 6.80. The van der Waals surface area contributed by atoms with Crippen LogP contribution in [0.15, 0.2) is 65.6 Å². The summed E-state index contributed by atoms with van der Waals surface area (Å²) in [7, 11) is 0. The van der Waals surface area contributed by atoms with Crippen molar-refractivity contribution < 1.29 is 14.1 Å². The molecule has 3 heterocycles. The smallest absolute Gasteiger partial charge is 0.307 e. The molecule has 0 atom stereocenters. The molecule has 1 amide bonds. The quantitative estimate of drug-likeness (QED) is 0.356. The van der Waals surface area contributed by atoms with E-state index in [9.17, 15) is 14.9 Å². The van der Waals surface area contributed by atoms with E-state index >= 15 is 0 Å². The molecule has 4 rings (SSSR count). The summed E-state index contributed by atoms with van der Waals surface area (Å²) in [6.07, 6.45) is 5.65. The number of halogens is 1. The van der Waals surface area contributed by atoms with Gasteiger partial charge in [-0.1, -0.05) is 29.8 Å². The average Bonchev–Trinajstić information content (AvgIpc) is 3.45.